The number of thioether (sulfide) groups is 1. The lowest BCUT2D eigenvalue weighted by molar-refractivity contribution is 0.526. The van der Waals surface area contributed by atoms with Crippen molar-refractivity contribution < 1.29 is 0 Å². The zero-order chi connectivity index (χ0) is 13.8. The number of aryl methyl sites for hydroxylation is 1. The molecule has 0 atom stereocenters. The van der Waals surface area contributed by atoms with Gasteiger partial charge in [-0.1, -0.05) is 41.6 Å². The highest BCUT2D eigenvalue weighted by atomic mass is 32.2. The van der Waals surface area contributed by atoms with Crippen LogP contribution in [-0.2, 0) is 12.3 Å². The Morgan fingerprint density at radius 2 is 1.89 bits per heavy atom. The van der Waals surface area contributed by atoms with Gasteiger partial charge in [0.15, 0.2) is 5.16 Å². The Morgan fingerprint density at radius 3 is 2.47 bits per heavy atom. The molecule has 19 heavy (non-hydrogen) atoms. The molecule has 0 amide bonds. The zero-order valence-electron chi connectivity index (χ0n) is 11.6. The lowest BCUT2D eigenvalue weighted by atomic mass is 10.2. The lowest BCUT2D eigenvalue weighted by Crippen LogP contribution is -2.11. The van der Waals surface area contributed by atoms with Crippen molar-refractivity contribution in [3.8, 4) is 0 Å². The van der Waals surface area contributed by atoms with Crippen molar-refractivity contribution in [3.63, 3.8) is 0 Å². The molecule has 1 heterocycles. The van der Waals surface area contributed by atoms with Crippen molar-refractivity contribution in [2.24, 2.45) is 5.73 Å². The highest BCUT2D eigenvalue weighted by Crippen LogP contribution is 2.24. The van der Waals surface area contributed by atoms with Gasteiger partial charge in [-0.3, -0.25) is 0 Å². The summed E-state index contributed by atoms with van der Waals surface area (Å²) in [6.07, 6.45) is 0. The average Bonchev–Trinajstić information content (AvgIpc) is 2.81. The highest BCUT2D eigenvalue weighted by Gasteiger charge is 2.13. The van der Waals surface area contributed by atoms with Gasteiger partial charge in [0.1, 0.15) is 5.82 Å². The third-order valence-electron chi connectivity index (χ3n) is 2.92. The molecule has 0 radical (unpaired) electrons. The Kier molecular flexibility index (Phi) is 4.61. The number of nitrogens with two attached hydrogens (primary N) is 1. The summed E-state index contributed by atoms with van der Waals surface area (Å²) in [5.74, 6) is 1.75. The van der Waals surface area contributed by atoms with Gasteiger partial charge in [-0.25, -0.2) is 0 Å². The minimum Gasteiger partial charge on any atom is -0.324 e. The molecule has 2 N–H and O–H groups in total. The number of hydrogen-bond donors (Lipinski definition) is 1. The Hall–Kier alpha value is -1.33. The van der Waals surface area contributed by atoms with Crippen LogP contribution in [0.25, 0.3) is 0 Å². The first-order chi connectivity index (χ1) is 9.11. The van der Waals surface area contributed by atoms with Gasteiger partial charge in [0, 0.05) is 11.8 Å². The van der Waals surface area contributed by atoms with Crippen LogP contribution in [0.1, 0.15) is 36.8 Å². The second-order valence-corrected chi connectivity index (χ2v) is 5.78. The maximum atomic E-state index is 5.69. The fourth-order valence-electron chi connectivity index (χ4n) is 1.90. The number of aromatic nitrogens is 3. The van der Waals surface area contributed by atoms with Crippen LogP contribution in [0.2, 0.25) is 0 Å². The quantitative estimate of drug-likeness (QED) is 0.853. The molecule has 0 aliphatic rings. The van der Waals surface area contributed by atoms with Gasteiger partial charge >= 0.3 is 0 Å². The summed E-state index contributed by atoms with van der Waals surface area (Å²) < 4.78 is 2.11. The SMILES string of the molecule is Cc1ccc(CSc2nnc(CN)n2C(C)C)cc1. The normalized spacial score (nSPS) is 11.2. The minimum absolute atomic E-state index is 0.328. The number of rotatable bonds is 5. The van der Waals surface area contributed by atoms with Gasteiger partial charge in [0.25, 0.3) is 0 Å². The van der Waals surface area contributed by atoms with Crippen molar-refractivity contribution in [1.29, 1.82) is 0 Å². The minimum atomic E-state index is 0.328. The summed E-state index contributed by atoms with van der Waals surface area (Å²) in [7, 11) is 0. The van der Waals surface area contributed by atoms with Crippen LogP contribution < -0.4 is 5.73 Å². The first-order valence-corrected chi connectivity index (χ1v) is 7.42. The maximum absolute atomic E-state index is 5.69. The highest BCUT2D eigenvalue weighted by molar-refractivity contribution is 7.98. The largest absolute Gasteiger partial charge is 0.324 e. The molecule has 2 rings (SSSR count). The summed E-state index contributed by atoms with van der Waals surface area (Å²) in [6.45, 7) is 6.77. The number of nitrogens with zero attached hydrogens (tertiary/aromatic N) is 3. The van der Waals surface area contributed by atoms with E-state index < -0.39 is 0 Å². The van der Waals surface area contributed by atoms with Gasteiger partial charge in [-0.15, -0.1) is 10.2 Å². The van der Waals surface area contributed by atoms with E-state index >= 15 is 0 Å². The van der Waals surface area contributed by atoms with Crippen LogP contribution in [0.15, 0.2) is 29.4 Å². The van der Waals surface area contributed by atoms with E-state index in [9.17, 15) is 0 Å². The van der Waals surface area contributed by atoms with Crippen molar-refractivity contribution in [2.75, 3.05) is 0 Å². The van der Waals surface area contributed by atoms with E-state index in [4.69, 9.17) is 5.73 Å². The zero-order valence-corrected chi connectivity index (χ0v) is 12.4. The molecule has 2 aromatic rings. The van der Waals surface area contributed by atoms with E-state index in [-0.39, 0.29) is 0 Å². The standard InChI is InChI=1S/C14H20N4S/c1-10(2)18-13(8-15)16-17-14(18)19-9-12-6-4-11(3)5-7-12/h4-7,10H,8-9,15H2,1-3H3. The molecule has 4 nitrogen and oxygen atoms in total. The van der Waals surface area contributed by atoms with E-state index in [0.717, 1.165) is 16.7 Å². The molecule has 0 bridgehead atoms. The molecule has 0 aliphatic heterocycles. The lowest BCUT2D eigenvalue weighted by Gasteiger charge is -2.12. The van der Waals surface area contributed by atoms with Crippen LogP contribution in [0, 0.1) is 6.92 Å². The summed E-state index contributed by atoms with van der Waals surface area (Å²) in [5.41, 5.74) is 8.27. The van der Waals surface area contributed by atoms with Crippen molar-refractivity contribution in [3.05, 3.63) is 41.2 Å². The van der Waals surface area contributed by atoms with Crippen LogP contribution in [0.4, 0.5) is 0 Å². The predicted molar refractivity (Wildman–Crippen MR) is 79.0 cm³/mol. The number of hydrogen-bond acceptors (Lipinski definition) is 4. The topological polar surface area (TPSA) is 56.7 Å². The van der Waals surface area contributed by atoms with Gasteiger partial charge in [-0.05, 0) is 26.3 Å². The van der Waals surface area contributed by atoms with E-state index in [1.54, 1.807) is 11.8 Å². The third kappa shape index (κ3) is 3.36. The van der Waals surface area contributed by atoms with Crippen LogP contribution >= 0.6 is 11.8 Å². The molecule has 1 aromatic heterocycles. The first kappa shape index (κ1) is 14.1. The molecule has 5 heteroatoms. The molecule has 0 spiro atoms. The molecular weight excluding hydrogens is 256 g/mol. The van der Waals surface area contributed by atoms with Crippen molar-refractivity contribution in [1.82, 2.24) is 14.8 Å². The van der Waals surface area contributed by atoms with Crippen LogP contribution in [-0.4, -0.2) is 14.8 Å². The van der Waals surface area contributed by atoms with Gasteiger partial charge in [0.05, 0.1) is 6.54 Å². The van der Waals surface area contributed by atoms with Crippen molar-refractivity contribution in [2.45, 2.75) is 44.3 Å². The Morgan fingerprint density at radius 1 is 1.21 bits per heavy atom. The first-order valence-electron chi connectivity index (χ1n) is 6.44. The molecule has 0 unspecified atom stereocenters. The summed E-state index contributed by atoms with van der Waals surface area (Å²) in [6, 6.07) is 8.90. The smallest absolute Gasteiger partial charge is 0.191 e. The second-order valence-electron chi connectivity index (χ2n) is 4.84. The van der Waals surface area contributed by atoms with Crippen LogP contribution in [0.3, 0.4) is 0 Å². The van der Waals surface area contributed by atoms with Crippen LogP contribution in [0.5, 0.6) is 0 Å². The van der Waals surface area contributed by atoms with Gasteiger partial charge in [-0.2, -0.15) is 0 Å². The molecule has 0 saturated heterocycles. The third-order valence-corrected chi connectivity index (χ3v) is 3.94. The fourth-order valence-corrected chi connectivity index (χ4v) is 2.94. The number of benzene rings is 1. The average molecular weight is 276 g/mol. The van der Waals surface area contributed by atoms with Gasteiger partial charge < -0.3 is 10.3 Å². The van der Waals surface area contributed by atoms with E-state index in [0.29, 0.717) is 12.6 Å². The molecule has 0 saturated carbocycles. The maximum Gasteiger partial charge on any atom is 0.191 e. The van der Waals surface area contributed by atoms with E-state index in [1.165, 1.54) is 11.1 Å². The molecule has 0 fully saturated rings. The summed E-state index contributed by atoms with van der Waals surface area (Å²) in [4.78, 5) is 0. The van der Waals surface area contributed by atoms with E-state index in [1.807, 2.05) is 0 Å². The Balaban J connectivity index is 2.11. The van der Waals surface area contributed by atoms with Gasteiger partial charge in [0.2, 0.25) is 0 Å². The Labute approximate surface area is 118 Å². The summed E-state index contributed by atoms with van der Waals surface area (Å²) in [5, 5.41) is 9.33. The second kappa shape index (κ2) is 6.21. The molecule has 0 aliphatic carbocycles. The monoisotopic (exact) mass is 276 g/mol. The summed E-state index contributed by atoms with van der Waals surface area (Å²) >= 11 is 1.70. The molecule has 1 aromatic carbocycles. The van der Waals surface area contributed by atoms with Crippen molar-refractivity contribution >= 4 is 11.8 Å². The molecular formula is C14H20N4S. The fraction of sp³-hybridized carbons (Fsp3) is 0.429. The predicted octanol–water partition coefficient (Wildman–Crippen LogP) is 2.92. The van der Waals surface area contributed by atoms with E-state index in [2.05, 4.69) is 59.8 Å². The Bertz CT molecular complexity index is 531. The molecule has 102 valence electrons.